The van der Waals surface area contributed by atoms with Crippen molar-refractivity contribution in [2.45, 2.75) is 34.1 Å². The van der Waals surface area contributed by atoms with E-state index in [1.807, 2.05) is 45.0 Å². The van der Waals surface area contributed by atoms with Gasteiger partial charge in [-0.05, 0) is 19.4 Å². The molecule has 3 heteroatoms. The van der Waals surface area contributed by atoms with Crippen molar-refractivity contribution in [3.05, 3.63) is 29.8 Å². The van der Waals surface area contributed by atoms with Gasteiger partial charge in [0.15, 0.2) is 0 Å². The van der Waals surface area contributed by atoms with Crippen LogP contribution in [0.4, 0.5) is 5.69 Å². The van der Waals surface area contributed by atoms with Crippen LogP contribution in [0, 0.1) is 0 Å². The van der Waals surface area contributed by atoms with Gasteiger partial charge in [-0.1, -0.05) is 63.4 Å². The molecule has 0 amide bonds. The predicted octanol–water partition coefficient (Wildman–Crippen LogP) is 4.60. The zero-order chi connectivity index (χ0) is 12.6. The van der Waals surface area contributed by atoms with Gasteiger partial charge in [0, 0.05) is 16.1 Å². The van der Waals surface area contributed by atoms with E-state index in [1.165, 1.54) is 0 Å². The summed E-state index contributed by atoms with van der Waals surface area (Å²) in [7, 11) is 0. The Kier molecular flexibility index (Phi) is 7.95. The summed E-state index contributed by atoms with van der Waals surface area (Å²) in [4.78, 5) is 1.72. The van der Waals surface area contributed by atoms with Gasteiger partial charge in [-0.25, -0.2) is 0 Å². The van der Waals surface area contributed by atoms with Crippen LogP contribution in [0.2, 0.25) is 0 Å². The van der Waals surface area contributed by atoms with Crippen molar-refractivity contribution >= 4 is 40.0 Å². The maximum atomic E-state index is 5.28. The van der Waals surface area contributed by atoms with Crippen molar-refractivity contribution in [1.82, 2.24) is 0 Å². The molecule has 0 bridgehead atoms. The molecule has 0 unspecified atom stereocenters. The van der Waals surface area contributed by atoms with Crippen LogP contribution in [0.25, 0.3) is 0 Å². The number of para-hydroxylation sites is 1. The third kappa shape index (κ3) is 4.81. The molecule has 1 aromatic carbocycles. The molecule has 0 aromatic heterocycles. The van der Waals surface area contributed by atoms with E-state index in [1.54, 1.807) is 0 Å². The fourth-order valence-corrected chi connectivity index (χ4v) is 1.50. The summed E-state index contributed by atoms with van der Waals surface area (Å²) in [5.41, 5.74) is 2.08. The van der Waals surface area contributed by atoms with Gasteiger partial charge in [0.2, 0.25) is 0 Å². The summed E-state index contributed by atoms with van der Waals surface area (Å²) in [5, 5.41) is 3.13. The number of anilines is 1. The van der Waals surface area contributed by atoms with Crippen LogP contribution < -0.4 is 5.32 Å². The average molecular weight is 253 g/mol. The van der Waals surface area contributed by atoms with Gasteiger partial charge >= 0.3 is 0 Å². The van der Waals surface area contributed by atoms with Crippen LogP contribution in [0.3, 0.4) is 0 Å². The standard InChI is InChI=1S/C11H13NS2.C2H6/c1-3-11(14)9-6-4-5-7-10(9)12-8(2)13;1-2/h4-7H,3H2,1-2H3,(H,12,13);1-2H3. The minimum absolute atomic E-state index is 0.761. The van der Waals surface area contributed by atoms with E-state index in [4.69, 9.17) is 24.4 Å². The van der Waals surface area contributed by atoms with E-state index in [9.17, 15) is 0 Å². The van der Waals surface area contributed by atoms with Crippen molar-refractivity contribution in [2.24, 2.45) is 0 Å². The first-order valence-corrected chi connectivity index (χ1v) is 6.36. The van der Waals surface area contributed by atoms with Crippen molar-refractivity contribution in [3.63, 3.8) is 0 Å². The van der Waals surface area contributed by atoms with E-state index in [-0.39, 0.29) is 0 Å². The lowest BCUT2D eigenvalue weighted by atomic mass is 10.1. The molecule has 0 aliphatic carbocycles. The molecule has 0 aliphatic rings. The van der Waals surface area contributed by atoms with Gasteiger partial charge in [0.05, 0.1) is 4.99 Å². The molecule has 0 atom stereocenters. The Morgan fingerprint density at radius 1 is 1.19 bits per heavy atom. The van der Waals surface area contributed by atoms with Gasteiger partial charge in [-0.2, -0.15) is 0 Å². The molecule has 0 saturated carbocycles. The molecule has 16 heavy (non-hydrogen) atoms. The Bertz CT molecular complexity index is 359. The summed E-state index contributed by atoms with van der Waals surface area (Å²) in [5.74, 6) is 0. The molecule has 0 heterocycles. The first-order chi connectivity index (χ1) is 7.65. The maximum Gasteiger partial charge on any atom is 0.0765 e. The molecule has 1 N–H and O–H groups in total. The summed E-state index contributed by atoms with van der Waals surface area (Å²) in [6, 6.07) is 7.98. The molecule has 0 fully saturated rings. The SMILES string of the molecule is CC.CCC(=S)c1ccccc1NC(C)=S. The first kappa shape index (κ1) is 15.2. The Balaban J connectivity index is 0.00000106. The highest BCUT2D eigenvalue weighted by molar-refractivity contribution is 7.81. The molecule has 0 radical (unpaired) electrons. The maximum absolute atomic E-state index is 5.28. The zero-order valence-electron chi connectivity index (χ0n) is 10.3. The molecule has 0 spiro atoms. The fraction of sp³-hybridized carbons (Fsp3) is 0.385. The second-order valence-electron chi connectivity index (χ2n) is 3.00. The first-order valence-electron chi connectivity index (χ1n) is 5.55. The van der Waals surface area contributed by atoms with Crippen LogP contribution in [0.15, 0.2) is 24.3 Å². The highest BCUT2D eigenvalue weighted by Crippen LogP contribution is 2.17. The van der Waals surface area contributed by atoms with E-state index in [0.29, 0.717) is 0 Å². The smallest absolute Gasteiger partial charge is 0.0765 e. The van der Waals surface area contributed by atoms with E-state index >= 15 is 0 Å². The minimum atomic E-state index is 0.761. The van der Waals surface area contributed by atoms with Gasteiger partial charge in [0.1, 0.15) is 0 Å². The minimum Gasteiger partial charge on any atom is -0.350 e. The third-order valence-corrected chi connectivity index (χ3v) is 2.47. The van der Waals surface area contributed by atoms with Gasteiger partial charge in [-0.15, -0.1) is 0 Å². The lowest BCUT2D eigenvalue weighted by Gasteiger charge is -2.10. The Morgan fingerprint density at radius 2 is 1.75 bits per heavy atom. The lowest BCUT2D eigenvalue weighted by Crippen LogP contribution is -2.08. The number of hydrogen-bond acceptors (Lipinski definition) is 2. The van der Waals surface area contributed by atoms with Crippen molar-refractivity contribution < 1.29 is 0 Å². The zero-order valence-corrected chi connectivity index (χ0v) is 12.0. The van der Waals surface area contributed by atoms with Crippen molar-refractivity contribution in [3.8, 4) is 0 Å². The molecule has 1 aromatic rings. The molecule has 1 nitrogen and oxygen atoms in total. The topological polar surface area (TPSA) is 12.0 Å². The fourth-order valence-electron chi connectivity index (χ4n) is 1.22. The Labute approximate surface area is 109 Å². The predicted molar refractivity (Wildman–Crippen MR) is 81.7 cm³/mol. The summed E-state index contributed by atoms with van der Waals surface area (Å²) < 4.78 is 0. The lowest BCUT2D eigenvalue weighted by molar-refractivity contribution is 1.31. The van der Waals surface area contributed by atoms with E-state index in [0.717, 1.165) is 27.5 Å². The number of nitrogens with one attached hydrogen (secondary N) is 1. The largest absolute Gasteiger partial charge is 0.350 e. The summed E-state index contributed by atoms with van der Waals surface area (Å²) >= 11 is 10.3. The van der Waals surface area contributed by atoms with Crippen LogP contribution in [-0.2, 0) is 0 Å². The monoisotopic (exact) mass is 253 g/mol. The van der Waals surface area contributed by atoms with Crippen LogP contribution in [0.5, 0.6) is 0 Å². The van der Waals surface area contributed by atoms with Gasteiger partial charge in [-0.3, -0.25) is 0 Å². The van der Waals surface area contributed by atoms with Crippen molar-refractivity contribution in [1.29, 1.82) is 0 Å². The second kappa shape index (κ2) is 8.36. The second-order valence-corrected chi connectivity index (χ2v) is 4.11. The molecular formula is C13H19NS2. The molecule has 88 valence electrons. The third-order valence-electron chi connectivity index (χ3n) is 1.86. The van der Waals surface area contributed by atoms with Crippen LogP contribution in [-0.4, -0.2) is 9.85 Å². The highest BCUT2D eigenvalue weighted by atomic mass is 32.1. The van der Waals surface area contributed by atoms with Gasteiger partial charge < -0.3 is 5.32 Å². The highest BCUT2D eigenvalue weighted by Gasteiger charge is 2.04. The van der Waals surface area contributed by atoms with E-state index < -0.39 is 0 Å². The molecule has 0 aliphatic heterocycles. The number of hydrogen-bond donors (Lipinski definition) is 1. The number of thiocarbonyl (C=S) groups is 2. The summed E-state index contributed by atoms with van der Waals surface area (Å²) in [6.45, 7) is 7.92. The van der Waals surface area contributed by atoms with Crippen LogP contribution >= 0.6 is 24.4 Å². The van der Waals surface area contributed by atoms with E-state index in [2.05, 4.69) is 12.2 Å². The number of rotatable bonds is 3. The average Bonchev–Trinajstić information content (AvgIpc) is 2.31. The molecule has 0 saturated heterocycles. The van der Waals surface area contributed by atoms with Crippen molar-refractivity contribution in [2.75, 3.05) is 5.32 Å². The Morgan fingerprint density at radius 3 is 2.25 bits per heavy atom. The van der Waals surface area contributed by atoms with Gasteiger partial charge in [0.25, 0.3) is 0 Å². The summed E-state index contributed by atoms with van der Waals surface area (Å²) in [6.07, 6.45) is 0.879. The quantitative estimate of drug-likeness (QED) is 0.624. The molecular weight excluding hydrogens is 234 g/mol. The van der Waals surface area contributed by atoms with Crippen LogP contribution in [0.1, 0.15) is 39.7 Å². The molecule has 1 rings (SSSR count). The number of benzene rings is 1. The Hall–Kier alpha value is -0.800. The normalized spacial score (nSPS) is 8.75.